The monoisotopic (exact) mass is 171 g/mol. The Morgan fingerprint density at radius 3 is 2.25 bits per heavy atom. The lowest BCUT2D eigenvalue weighted by atomic mass is 10.1. The van der Waals surface area contributed by atoms with Crippen LogP contribution in [0.1, 0.15) is 44.9 Å². The number of nitrogens with one attached hydrogen (secondary N) is 1. The van der Waals surface area contributed by atoms with Crippen molar-refractivity contribution in [2.45, 2.75) is 63.2 Å². The molecule has 0 amide bonds. The number of hydrogen-bond acceptors (Lipinski definition) is 1. The van der Waals surface area contributed by atoms with Gasteiger partial charge in [0.25, 0.3) is 0 Å². The minimum Gasteiger partial charge on any atom is -0.308 e. The van der Waals surface area contributed by atoms with Crippen molar-refractivity contribution in [1.29, 1.82) is 0 Å². The van der Waals surface area contributed by atoms with Crippen molar-refractivity contribution in [1.82, 2.24) is 5.32 Å². The van der Waals surface area contributed by atoms with Crippen LogP contribution in [0, 0.1) is 0 Å². The van der Waals surface area contributed by atoms with Gasteiger partial charge in [-0.05, 0) is 32.1 Å². The first-order chi connectivity index (χ1) is 5.86. The smallest absolute Gasteiger partial charge is 0.115 e. The Morgan fingerprint density at radius 1 is 0.917 bits per heavy atom. The third-order valence-corrected chi connectivity index (χ3v) is 3.24. The molecule has 2 saturated carbocycles. The topological polar surface area (TPSA) is 12.0 Å². The molecular weight excluding hydrogens is 153 g/mol. The van der Waals surface area contributed by atoms with Crippen LogP contribution in [-0.4, -0.2) is 18.3 Å². The van der Waals surface area contributed by atoms with Gasteiger partial charge in [-0.2, -0.15) is 0 Å². The summed E-state index contributed by atoms with van der Waals surface area (Å²) in [5, 5.41) is 3.45. The second-order valence-corrected chi connectivity index (χ2v) is 4.20. The number of hydrogen-bond donors (Lipinski definition) is 1. The van der Waals surface area contributed by atoms with E-state index in [0.29, 0.717) is 6.04 Å². The van der Waals surface area contributed by atoms with Crippen LogP contribution in [0.15, 0.2) is 0 Å². The summed E-state index contributed by atoms with van der Waals surface area (Å²) >= 11 is 0. The maximum atomic E-state index is 13.2. The first kappa shape index (κ1) is 8.49. The van der Waals surface area contributed by atoms with Crippen LogP contribution in [-0.2, 0) is 0 Å². The highest BCUT2D eigenvalue weighted by atomic mass is 19.1. The highest BCUT2D eigenvalue weighted by Crippen LogP contribution is 2.25. The zero-order chi connectivity index (χ0) is 8.39. The van der Waals surface area contributed by atoms with Gasteiger partial charge in [0.15, 0.2) is 0 Å². The molecule has 1 nitrogen and oxygen atoms in total. The zero-order valence-electron chi connectivity index (χ0n) is 7.56. The quantitative estimate of drug-likeness (QED) is 0.672. The molecule has 0 radical (unpaired) electrons. The Labute approximate surface area is 73.7 Å². The minimum atomic E-state index is -0.564. The second-order valence-electron chi connectivity index (χ2n) is 4.20. The van der Waals surface area contributed by atoms with Crippen LogP contribution in [0.3, 0.4) is 0 Å². The fraction of sp³-hybridized carbons (Fsp3) is 1.00. The van der Waals surface area contributed by atoms with Crippen molar-refractivity contribution in [3.05, 3.63) is 0 Å². The average molecular weight is 171 g/mol. The minimum absolute atomic E-state index is 0.188. The molecule has 2 rings (SSSR count). The fourth-order valence-corrected chi connectivity index (χ4v) is 2.50. The van der Waals surface area contributed by atoms with Gasteiger partial charge >= 0.3 is 0 Å². The van der Waals surface area contributed by atoms with Crippen molar-refractivity contribution in [2.75, 3.05) is 0 Å². The number of rotatable bonds is 2. The van der Waals surface area contributed by atoms with E-state index >= 15 is 0 Å². The van der Waals surface area contributed by atoms with Crippen LogP contribution in [0.25, 0.3) is 0 Å². The molecule has 0 aromatic rings. The second kappa shape index (κ2) is 3.73. The molecule has 2 aliphatic carbocycles. The fourth-order valence-electron chi connectivity index (χ4n) is 2.50. The molecule has 0 bridgehead atoms. The normalized spacial score (nSPS) is 37.8. The maximum absolute atomic E-state index is 13.2. The van der Waals surface area contributed by atoms with Crippen LogP contribution < -0.4 is 5.32 Å². The van der Waals surface area contributed by atoms with E-state index in [0.717, 1.165) is 19.3 Å². The van der Waals surface area contributed by atoms with E-state index < -0.39 is 6.17 Å². The summed E-state index contributed by atoms with van der Waals surface area (Å²) in [6.45, 7) is 0. The van der Waals surface area contributed by atoms with E-state index in [1.165, 1.54) is 25.7 Å². The molecule has 0 aromatic carbocycles. The Morgan fingerprint density at radius 2 is 1.67 bits per heavy atom. The van der Waals surface area contributed by atoms with Gasteiger partial charge in [-0.1, -0.05) is 12.8 Å². The summed E-state index contributed by atoms with van der Waals surface area (Å²) in [6.07, 6.45) is 7.55. The molecule has 2 aliphatic rings. The van der Waals surface area contributed by atoms with Crippen LogP contribution >= 0.6 is 0 Å². The molecule has 2 fully saturated rings. The standard InChI is InChI=1S/C10H18FN/c11-9-6-3-7-10(9)12-8-4-1-2-5-8/h8-10,12H,1-7H2/t9-,10+/m0/s1. The summed E-state index contributed by atoms with van der Waals surface area (Å²) in [5.74, 6) is 0. The molecule has 12 heavy (non-hydrogen) atoms. The predicted molar refractivity (Wildman–Crippen MR) is 47.9 cm³/mol. The molecule has 0 unspecified atom stereocenters. The molecule has 0 heterocycles. The van der Waals surface area contributed by atoms with E-state index in [9.17, 15) is 4.39 Å². The Kier molecular flexibility index (Phi) is 2.64. The third-order valence-electron chi connectivity index (χ3n) is 3.24. The van der Waals surface area contributed by atoms with E-state index in [1.807, 2.05) is 0 Å². The SMILES string of the molecule is F[C@H]1CCC[C@H]1NC1CCCC1. The van der Waals surface area contributed by atoms with E-state index in [-0.39, 0.29) is 6.04 Å². The molecule has 2 atom stereocenters. The summed E-state index contributed by atoms with van der Waals surface area (Å²) in [6, 6.07) is 0.819. The largest absolute Gasteiger partial charge is 0.308 e. The van der Waals surface area contributed by atoms with Gasteiger partial charge in [0.05, 0.1) is 0 Å². The third kappa shape index (κ3) is 1.79. The van der Waals surface area contributed by atoms with Crippen molar-refractivity contribution in [3.8, 4) is 0 Å². The van der Waals surface area contributed by atoms with Crippen molar-refractivity contribution in [2.24, 2.45) is 0 Å². The molecule has 1 N–H and O–H groups in total. The van der Waals surface area contributed by atoms with Gasteiger partial charge in [-0.3, -0.25) is 0 Å². The maximum Gasteiger partial charge on any atom is 0.115 e. The van der Waals surface area contributed by atoms with Gasteiger partial charge < -0.3 is 5.32 Å². The summed E-state index contributed by atoms with van der Waals surface area (Å²) < 4.78 is 13.2. The van der Waals surface area contributed by atoms with Gasteiger partial charge in [0.1, 0.15) is 6.17 Å². The number of alkyl halides is 1. The van der Waals surface area contributed by atoms with Gasteiger partial charge in [0.2, 0.25) is 0 Å². The lowest BCUT2D eigenvalue weighted by Crippen LogP contribution is -2.39. The lowest BCUT2D eigenvalue weighted by molar-refractivity contribution is 0.263. The Balaban J connectivity index is 1.77. The molecule has 2 heteroatoms. The summed E-state index contributed by atoms with van der Waals surface area (Å²) in [4.78, 5) is 0. The predicted octanol–water partition coefficient (Wildman–Crippen LogP) is 2.41. The van der Waals surface area contributed by atoms with E-state index in [1.54, 1.807) is 0 Å². The first-order valence-electron chi connectivity index (χ1n) is 5.26. The van der Waals surface area contributed by atoms with Gasteiger partial charge in [-0.15, -0.1) is 0 Å². The van der Waals surface area contributed by atoms with E-state index in [2.05, 4.69) is 5.32 Å². The van der Waals surface area contributed by atoms with Crippen molar-refractivity contribution >= 4 is 0 Å². The summed E-state index contributed by atoms with van der Waals surface area (Å²) in [7, 11) is 0. The molecule has 70 valence electrons. The van der Waals surface area contributed by atoms with Gasteiger partial charge in [0, 0.05) is 12.1 Å². The highest BCUT2D eigenvalue weighted by Gasteiger charge is 2.29. The zero-order valence-corrected chi connectivity index (χ0v) is 7.56. The highest BCUT2D eigenvalue weighted by molar-refractivity contribution is 4.87. The van der Waals surface area contributed by atoms with Crippen LogP contribution in [0.2, 0.25) is 0 Å². The van der Waals surface area contributed by atoms with Crippen molar-refractivity contribution < 1.29 is 4.39 Å². The van der Waals surface area contributed by atoms with Crippen LogP contribution in [0.4, 0.5) is 4.39 Å². The van der Waals surface area contributed by atoms with Crippen molar-refractivity contribution in [3.63, 3.8) is 0 Å². The molecule has 0 aliphatic heterocycles. The molecule has 0 aromatic heterocycles. The molecule has 0 spiro atoms. The van der Waals surface area contributed by atoms with E-state index in [4.69, 9.17) is 0 Å². The number of halogens is 1. The average Bonchev–Trinajstić information content (AvgIpc) is 2.65. The van der Waals surface area contributed by atoms with Crippen LogP contribution in [0.5, 0.6) is 0 Å². The van der Waals surface area contributed by atoms with Gasteiger partial charge in [-0.25, -0.2) is 4.39 Å². The Bertz CT molecular complexity index is 143. The molecule has 0 saturated heterocycles. The molecular formula is C10H18FN. The lowest BCUT2D eigenvalue weighted by Gasteiger charge is -2.19. The first-order valence-corrected chi connectivity index (χ1v) is 5.26. The summed E-state index contributed by atoms with van der Waals surface area (Å²) in [5.41, 5.74) is 0. The Hall–Kier alpha value is -0.110.